The number of rotatable bonds is 4. The van der Waals surface area contributed by atoms with Crippen LogP contribution in [-0.2, 0) is 13.0 Å². The van der Waals surface area contributed by atoms with Gasteiger partial charge in [-0.3, -0.25) is 4.68 Å². The van der Waals surface area contributed by atoms with Crippen molar-refractivity contribution in [3.63, 3.8) is 0 Å². The summed E-state index contributed by atoms with van der Waals surface area (Å²) in [5, 5.41) is 16.6. The van der Waals surface area contributed by atoms with E-state index in [-0.39, 0.29) is 0 Å². The molecule has 0 amide bonds. The molecule has 1 heterocycles. The number of nitrogens with zero attached hydrogens (tertiary/aromatic N) is 2. The minimum Gasteiger partial charge on any atom is -0.391 e. The molecule has 0 saturated carbocycles. The fourth-order valence-electron chi connectivity index (χ4n) is 2.33. The fraction of sp³-hybridized carbons (Fsp3) is 0.188. The first-order valence-corrected chi connectivity index (χ1v) is 6.44. The molecular weight excluding hydrogens is 236 g/mol. The van der Waals surface area contributed by atoms with Crippen molar-refractivity contribution in [2.75, 3.05) is 0 Å². The second-order valence-corrected chi connectivity index (χ2v) is 4.77. The first kappa shape index (κ1) is 11.9. The van der Waals surface area contributed by atoms with Gasteiger partial charge >= 0.3 is 0 Å². The van der Waals surface area contributed by atoms with Gasteiger partial charge in [0, 0.05) is 18.8 Å². The van der Waals surface area contributed by atoms with Crippen LogP contribution in [0.15, 0.2) is 60.9 Å². The normalized spacial score (nSPS) is 12.7. The van der Waals surface area contributed by atoms with E-state index >= 15 is 0 Å². The molecule has 2 aromatic carbocycles. The molecule has 0 bridgehead atoms. The molecule has 0 aliphatic carbocycles. The lowest BCUT2D eigenvalue weighted by Crippen LogP contribution is -2.18. The highest BCUT2D eigenvalue weighted by molar-refractivity contribution is 5.82. The minimum absolute atomic E-state index is 0.416. The zero-order valence-corrected chi connectivity index (χ0v) is 10.6. The highest BCUT2D eigenvalue weighted by atomic mass is 16.3. The molecule has 3 nitrogen and oxygen atoms in total. The molecule has 0 unspecified atom stereocenters. The maximum atomic E-state index is 10.1. The van der Waals surface area contributed by atoms with Gasteiger partial charge in [-0.05, 0) is 22.4 Å². The Hall–Kier alpha value is -2.13. The van der Waals surface area contributed by atoms with Crippen molar-refractivity contribution < 1.29 is 5.11 Å². The Morgan fingerprint density at radius 1 is 1.05 bits per heavy atom. The third kappa shape index (κ3) is 2.83. The number of hydrogen-bond donors (Lipinski definition) is 1. The average Bonchev–Trinajstić information content (AvgIpc) is 2.91. The second kappa shape index (κ2) is 5.24. The van der Waals surface area contributed by atoms with Gasteiger partial charge in [-0.1, -0.05) is 42.5 Å². The van der Waals surface area contributed by atoms with E-state index in [1.807, 2.05) is 24.4 Å². The molecule has 0 aliphatic rings. The summed E-state index contributed by atoms with van der Waals surface area (Å²) in [5.74, 6) is 0. The summed E-state index contributed by atoms with van der Waals surface area (Å²) in [7, 11) is 0. The van der Waals surface area contributed by atoms with E-state index in [2.05, 4.69) is 35.4 Å². The van der Waals surface area contributed by atoms with Gasteiger partial charge in [0.1, 0.15) is 0 Å². The van der Waals surface area contributed by atoms with Crippen LogP contribution in [0.3, 0.4) is 0 Å². The maximum absolute atomic E-state index is 10.1. The lowest BCUT2D eigenvalue weighted by atomic mass is 10.0. The van der Waals surface area contributed by atoms with Crippen molar-refractivity contribution >= 4 is 10.8 Å². The zero-order valence-electron chi connectivity index (χ0n) is 10.6. The highest BCUT2D eigenvalue weighted by Crippen LogP contribution is 2.16. The predicted molar refractivity (Wildman–Crippen MR) is 75.9 cm³/mol. The predicted octanol–water partition coefficient (Wildman–Crippen LogP) is 2.64. The van der Waals surface area contributed by atoms with Crippen LogP contribution in [0.4, 0.5) is 0 Å². The lowest BCUT2D eigenvalue weighted by Gasteiger charge is -2.11. The molecular formula is C16H16N2O. The van der Waals surface area contributed by atoms with E-state index in [0.717, 1.165) is 5.56 Å². The summed E-state index contributed by atoms with van der Waals surface area (Å²) in [4.78, 5) is 0. The number of aromatic nitrogens is 2. The van der Waals surface area contributed by atoms with Crippen molar-refractivity contribution in [2.24, 2.45) is 0 Å². The van der Waals surface area contributed by atoms with Gasteiger partial charge in [0.05, 0.1) is 12.6 Å². The molecule has 3 heteroatoms. The van der Waals surface area contributed by atoms with Gasteiger partial charge < -0.3 is 5.11 Å². The van der Waals surface area contributed by atoms with Crippen LogP contribution in [0.5, 0.6) is 0 Å². The molecule has 0 radical (unpaired) electrons. The van der Waals surface area contributed by atoms with Crippen molar-refractivity contribution in [3.8, 4) is 0 Å². The minimum atomic E-state index is -0.416. The Labute approximate surface area is 112 Å². The Bertz CT molecular complexity index is 661. The van der Waals surface area contributed by atoms with Crippen LogP contribution in [0.2, 0.25) is 0 Å². The molecule has 1 N–H and O–H groups in total. The standard InChI is InChI=1S/C16H16N2O/c19-16(12-18-9-3-8-17-18)11-13-6-7-14-4-1-2-5-15(14)10-13/h1-10,16,19H,11-12H2/t16-/m0/s1. The third-order valence-electron chi connectivity index (χ3n) is 3.24. The first-order valence-electron chi connectivity index (χ1n) is 6.44. The summed E-state index contributed by atoms with van der Waals surface area (Å²) in [5.41, 5.74) is 1.15. The number of fused-ring (bicyclic) bond motifs is 1. The summed E-state index contributed by atoms with van der Waals surface area (Å²) in [6.07, 6.45) is 3.82. The quantitative estimate of drug-likeness (QED) is 0.775. The molecule has 0 spiro atoms. The Balaban J connectivity index is 1.73. The summed E-state index contributed by atoms with van der Waals surface area (Å²) in [6.45, 7) is 0.528. The summed E-state index contributed by atoms with van der Waals surface area (Å²) in [6, 6.07) is 16.4. The topological polar surface area (TPSA) is 38.0 Å². The van der Waals surface area contributed by atoms with Crippen molar-refractivity contribution in [2.45, 2.75) is 19.1 Å². The van der Waals surface area contributed by atoms with Crippen molar-refractivity contribution in [1.29, 1.82) is 0 Å². The Kier molecular flexibility index (Phi) is 3.29. The van der Waals surface area contributed by atoms with Gasteiger partial charge in [-0.2, -0.15) is 5.10 Å². The second-order valence-electron chi connectivity index (χ2n) is 4.77. The van der Waals surface area contributed by atoms with Crippen molar-refractivity contribution in [1.82, 2.24) is 9.78 Å². The average molecular weight is 252 g/mol. The van der Waals surface area contributed by atoms with Crippen LogP contribution in [0.25, 0.3) is 10.8 Å². The first-order chi connectivity index (χ1) is 9.31. The summed E-state index contributed by atoms with van der Waals surface area (Å²) >= 11 is 0. The van der Waals surface area contributed by atoms with E-state index in [4.69, 9.17) is 0 Å². The summed E-state index contributed by atoms with van der Waals surface area (Å²) < 4.78 is 1.76. The zero-order chi connectivity index (χ0) is 13.1. The third-order valence-corrected chi connectivity index (χ3v) is 3.24. The number of aliphatic hydroxyl groups excluding tert-OH is 1. The molecule has 3 aromatic rings. The lowest BCUT2D eigenvalue weighted by molar-refractivity contribution is 0.149. The molecule has 1 aromatic heterocycles. The largest absolute Gasteiger partial charge is 0.391 e. The molecule has 19 heavy (non-hydrogen) atoms. The van der Waals surface area contributed by atoms with E-state index < -0.39 is 6.10 Å². The Morgan fingerprint density at radius 2 is 1.89 bits per heavy atom. The van der Waals surface area contributed by atoms with Gasteiger partial charge in [-0.15, -0.1) is 0 Å². The molecule has 3 rings (SSSR count). The maximum Gasteiger partial charge on any atom is 0.0776 e. The van der Waals surface area contributed by atoms with Gasteiger partial charge in [0.25, 0.3) is 0 Å². The molecule has 96 valence electrons. The van der Waals surface area contributed by atoms with Gasteiger partial charge in [-0.25, -0.2) is 0 Å². The number of hydrogen-bond acceptors (Lipinski definition) is 2. The van der Waals surface area contributed by atoms with Crippen LogP contribution in [0, 0.1) is 0 Å². The van der Waals surface area contributed by atoms with Crippen molar-refractivity contribution in [3.05, 3.63) is 66.5 Å². The number of aliphatic hydroxyl groups is 1. The highest BCUT2D eigenvalue weighted by Gasteiger charge is 2.07. The van der Waals surface area contributed by atoms with Crippen LogP contribution in [0.1, 0.15) is 5.56 Å². The smallest absolute Gasteiger partial charge is 0.0776 e. The molecule has 1 atom stereocenters. The van der Waals surface area contributed by atoms with E-state index in [0.29, 0.717) is 13.0 Å². The molecule has 0 fully saturated rings. The van der Waals surface area contributed by atoms with Crippen LogP contribution >= 0.6 is 0 Å². The van der Waals surface area contributed by atoms with Crippen LogP contribution < -0.4 is 0 Å². The van der Waals surface area contributed by atoms with E-state index in [9.17, 15) is 5.11 Å². The van der Waals surface area contributed by atoms with Gasteiger partial charge in [0.2, 0.25) is 0 Å². The SMILES string of the molecule is O[C@@H](Cc1ccc2ccccc2c1)Cn1cccn1. The molecule has 0 aliphatic heterocycles. The van der Waals surface area contributed by atoms with Gasteiger partial charge in [0.15, 0.2) is 0 Å². The van der Waals surface area contributed by atoms with E-state index in [1.54, 1.807) is 10.9 Å². The fourth-order valence-corrected chi connectivity index (χ4v) is 2.33. The molecule has 0 saturated heterocycles. The Morgan fingerprint density at radius 3 is 2.68 bits per heavy atom. The number of benzene rings is 2. The monoisotopic (exact) mass is 252 g/mol. The van der Waals surface area contributed by atoms with E-state index in [1.165, 1.54) is 10.8 Å². The van der Waals surface area contributed by atoms with Crippen LogP contribution in [-0.4, -0.2) is 21.0 Å².